The van der Waals surface area contributed by atoms with E-state index < -0.39 is 17.6 Å². The molecule has 23 heavy (non-hydrogen) atoms. The fraction of sp³-hybridized carbons (Fsp3) is 0.111. The minimum Gasteiger partial charge on any atom is -0.395 e. The maximum absolute atomic E-state index is 13.5. The highest BCUT2D eigenvalue weighted by atomic mass is 19.1. The summed E-state index contributed by atoms with van der Waals surface area (Å²) in [4.78, 5) is 26.0. The van der Waals surface area contributed by atoms with Crippen LogP contribution in [-0.4, -0.2) is 23.5 Å². The standard InChI is InChI=1S/C18H12FNO3/c19-13-8-9-16(12(11-13)5-3-4-10-21)20-17(22)14-6-1-2-7-15(14)18(20)23/h1-2,6-9,11,21H,4,10H2. The Morgan fingerprint density at radius 1 is 1.04 bits per heavy atom. The van der Waals surface area contributed by atoms with Crippen molar-refractivity contribution in [1.29, 1.82) is 0 Å². The van der Waals surface area contributed by atoms with Crippen molar-refractivity contribution in [1.82, 2.24) is 0 Å². The first-order valence-corrected chi connectivity index (χ1v) is 7.00. The number of benzene rings is 2. The maximum atomic E-state index is 13.5. The van der Waals surface area contributed by atoms with E-state index in [1.54, 1.807) is 24.3 Å². The SMILES string of the molecule is O=C1c2ccccc2C(=O)N1c1ccc(F)cc1C#CCCO. The number of carbonyl (C=O) groups excluding carboxylic acids is 2. The highest BCUT2D eigenvalue weighted by molar-refractivity contribution is 6.34. The topological polar surface area (TPSA) is 57.6 Å². The van der Waals surface area contributed by atoms with E-state index in [0.29, 0.717) is 11.1 Å². The van der Waals surface area contributed by atoms with Gasteiger partial charge in [-0.05, 0) is 30.3 Å². The van der Waals surface area contributed by atoms with Crippen LogP contribution in [0.15, 0.2) is 42.5 Å². The van der Waals surface area contributed by atoms with Gasteiger partial charge in [0.2, 0.25) is 0 Å². The number of rotatable bonds is 2. The molecule has 0 spiro atoms. The van der Waals surface area contributed by atoms with Crippen molar-refractivity contribution in [2.24, 2.45) is 0 Å². The van der Waals surface area contributed by atoms with Gasteiger partial charge in [-0.25, -0.2) is 9.29 Å². The summed E-state index contributed by atoms with van der Waals surface area (Å²) in [5.74, 6) is 3.95. The van der Waals surface area contributed by atoms with Crippen molar-refractivity contribution in [2.75, 3.05) is 11.5 Å². The molecule has 5 heteroatoms. The number of halogens is 1. The Bertz CT molecular complexity index is 829. The van der Waals surface area contributed by atoms with Gasteiger partial charge < -0.3 is 5.11 Å². The molecule has 0 saturated heterocycles. The molecule has 0 radical (unpaired) electrons. The van der Waals surface area contributed by atoms with Gasteiger partial charge in [-0.1, -0.05) is 24.0 Å². The summed E-state index contributed by atoms with van der Waals surface area (Å²) in [5.41, 5.74) is 1.10. The number of hydrogen-bond donors (Lipinski definition) is 1. The van der Waals surface area contributed by atoms with E-state index >= 15 is 0 Å². The first-order chi connectivity index (χ1) is 11.1. The van der Waals surface area contributed by atoms with Crippen LogP contribution in [0.4, 0.5) is 10.1 Å². The third-order valence-electron chi connectivity index (χ3n) is 3.45. The first-order valence-electron chi connectivity index (χ1n) is 7.00. The quantitative estimate of drug-likeness (QED) is 0.684. The highest BCUT2D eigenvalue weighted by Gasteiger charge is 2.37. The molecule has 1 heterocycles. The summed E-state index contributed by atoms with van der Waals surface area (Å²) < 4.78 is 13.5. The van der Waals surface area contributed by atoms with E-state index in [1.165, 1.54) is 18.2 Å². The smallest absolute Gasteiger partial charge is 0.266 e. The molecule has 4 nitrogen and oxygen atoms in total. The molecular formula is C18H12FNO3. The Kier molecular flexibility index (Phi) is 3.92. The van der Waals surface area contributed by atoms with Crippen molar-refractivity contribution < 1.29 is 19.1 Å². The van der Waals surface area contributed by atoms with Gasteiger partial charge in [0.15, 0.2) is 0 Å². The zero-order valence-corrected chi connectivity index (χ0v) is 12.0. The second-order valence-electron chi connectivity index (χ2n) is 4.93. The van der Waals surface area contributed by atoms with Crippen LogP contribution in [0.1, 0.15) is 32.7 Å². The third-order valence-corrected chi connectivity index (χ3v) is 3.45. The molecule has 0 aliphatic carbocycles. The predicted octanol–water partition coefficient (Wildman–Crippen LogP) is 2.36. The lowest BCUT2D eigenvalue weighted by molar-refractivity contribution is 0.0926. The van der Waals surface area contributed by atoms with Gasteiger partial charge in [-0.3, -0.25) is 9.59 Å². The van der Waals surface area contributed by atoms with Crippen molar-refractivity contribution in [3.05, 3.63) is 65.0 Å². The molecule has 2 amide bonds. The molecule has 0 bridgehead atoms. The minimum absolute atomic E-state index is 0.120. The summed E-state index contributed by atoms with van der Waals surface area (Å²) in [6, 6.07) is 10.2. The molecule has 3 rings (SSSR count). The fourth-order valence-electron chi connectivity index (χ4n) is 2.43. The zero-order chi connectivity index (χ0) is 16.4. The number of fused-ring (bicyclic) bond motifs is 1. The number of imide groups is 1. The Labute approximate surface area is 132 Å². The van der Waals surface area contributed by atoms with Crippen molar-refractivity contribution in [2.45, 2.75) is 6.42 Å². The molecule has 2 aromatic carbocycles. The molecule has 0 atom stereocenters. The van der Waals surface area contributed by atoms with Crippen LogP contribution in [-0.2, 0) is 0 Å². The van der Waals surface area contributed by atoms with Crippen LogP contribution in [0.25, 0.3) is 0 Å². The van der Waals surface area contributed by atoms with E-state index in [-0.39, 0.29) is 24.3 Å². The Balaban J connectivity index is 2.09. The van der Waals surface area contributed by atoms with Crippen LogP contribution >= 0.6 is 0 Å². The lowest BCUT2D eigenvalue weighted by Gasteiger charge is -2.15. The van der Waals surface area contributed by atoms with Crippen LogP contribution in [0, 0.1) is 17.7 Å². The number of anilines is 1. The van der Waals surface area contributed by atoms with Crippen LogP contribution in [0.2, 0.25) is 0 Å². The number of nitrogens with zero attached hydrogens (tertiary/aromatic N) is 1. The molecule has 1 aliphatic rings. The Morgan fingerprint density at radius 2 is 1.70 bits per heavy atom. The van der Waals surface area contributed by atoms with Crippen molar-refractivity contribution in [3.63, 3.8) is 0 Å². The summed E-state index contributed by atoms with van der Waals surface area (Å²) >= 11 is 0. The van der Waals surface area contributed by atoms with Crippen molar-refractivity contribution in [3.8, 4) is 11.8 Å². The number of aliphatic hydroxyl groups is 1. The minimum atomic E-state index is -0.515. The average Bonchev–Trinajstić information content (AvgIpc) is 2.80. The number of hydrogen-bond acceptors (Lipinski definition) is 3. The lowest BCUT2D eigenvalue weighted by Crippen LogP contribution is -2.30. The van der Waals surface area contributed by atoms with E-state index in [9.17, 15) is 14.0 Å². The van der Waals surface area contributed by atoms with Gasteiger partial charge in [0.05, 0.1) is 29.0 Å². The summed E-state index contributed by atoms with van der Waals surface area (Å²) in [5, 5.41) is 8.79. The molecule has 2 aromatic rings. The van der Waals surface area contributed by atoms with Gasteiger partial charge in [-0.2, -0.15) is 0 Å². The van der Waals surface area contributed by atoms with Crippen LogP contribution < -0.4 is 4.90 Å². The van der Waals surface area contributed by atoms with Gasteiger partial charge >= 0.3 is 0 Å². The average molecular weight is 309 g/mol. The Hall–Kier alpha value is -2.97. The third kappa shape index (κ3) is 2.60. The molecular weight excluding hydrogens is 297 g/mol. The molecule has 114 valence electrons. The van der Waals surface area contributed by atoms with E-state index in [0.717, 1.165) is 4.90 Å². The number of amides is 2. The van der Waals surface area contributed by atoms with Crippen LogP contribution in [0.3, 0.4) is 0 Å². The van der Waals surface area contributed by atoms with Gasteiger partial charge in [0, 0.05) is 6.42 Å². The van der Waals surface area contributed by atoms with Gasteiger partial charge in [-0.15, -0.1) is 0 Å². The van der Waals surface area contributed by atoms with Gasteiger partial charge in [0.1, 0.15) is 5.82 Å². The van der Waals surface area contributed by atoms with Crippen LogP contribution in [0.5, 0.6) is 0 Å². The normalized spacial score (nSPS) is 12.9. The largest absolute Gasteiger partial charge is 0.395 e. The monoisotopic (exact) mass is 309 g/mol. The zero-order valence-electron chi connectivity index (χ0n) is 12.0. The molecule has 1 N–H and O–H groups in total. The molecule has 1 aliphatic heterocycles. The molecule has 0 fully saturated rings. The molecule has 0 saturated carbocycles. The summed E-state index contributed by atoms with van der Waals surface area (Å²) in [7, 11) is 0. The molecule has 0 unspecified atom stereocenters. The van der Waals surface area contributed by atoms with Gasteiger partial charge in [0.25, 0.3) is 11.8 Å². The van der Waals surface area contributed by atoms with E-state index in [1.807, 2.05) is 0 Å². The fourth-order valence-corrected chi connectivity index (χ4v) is 2.43. The second kappa shape index (κ2) is 6.03. The summed E-state index contributed by atoms with van der Waals surface area (Å²) in [6.07, 6.45) is 0.220. The number of carbonyl (C=O) groups is 2. The predicted molar refractivity (Wildman–Crippen MR) is 82.6 cm³/mol. The molecule has 0 aromatic heterocycles. The second-order valence-corrected chi connectivity index (χ2v) is 4.93. The Morgan fingerprint density at radius 3 is 2.30 bits per heavy atom. The highest BCUT2D eigenvalue weighted by Crippen LogP contribution is 2.30. The summed E-state index contributed by atoms with van der Waals surface area (Å²) in [6.45, 7) is -0.120. The lowest BCUT2D eigenvalue weighted by atomic mass is 10.1. The van der Waals surface area contributed by atoms with Crippen molar-refractivity contribution >= 4 is 17.5 Å². The maximum Gasteiger partial charge on any atom is 0.266 e. The first kappa shape index (κ1) is 14.9. The van der Waals surface area contributed by atoms with E-state index in [4.69, 9.17) is 5.11 Å². The number of aliphatic hydroxyl groups excluding tert-OH is 1. The van der Waals surface area contributed by atoms with E-state index in [2.05, 4.69) is 11.8 Å².